The summed E-state index contributed by atoms with van der Waals surface area (Å²) in [5, 5.41) is 12.9. The minimum Gasteiger partial charge on any atom is -0.494 e. The minimum atomic E-state index is -1.69. The third kappa shape index (κ3) is 9.65. The second-order valence-electron chi connectivity index (χ2n) is 12.4. The molecule has 0 spiro atoms. The molecule has 14 nitrogen and oxygen atoms in total. The fourth-order valence-corrected chi connectivity index (χ4v) is 5.37. The molecule has 0 aliphatic carbocycles. The molecular formula is C36H44N6O8. The summed E-state index contributed by atoms with van der Waals surface area (Å²) in [6.07, 6.45) is -0.316. The number of hydrogen-bond donors (Lipinski definition) is 3. The number of amides is 1. The lowest BCUT2D eigenvalue weighted by molar-refractivity contribution is -0.155. The van der Waals surface area contributed by atoms with E-state index in [0.717, 1.165) is 5.56 Å². The first-order valence-corrected chi connectivity index (χ1v) is 16.2. The first kappa shape index (κ1) is 37.5. The van der Waals surface area contributed by atoms with Gasteiger partial charge < -0.3 is 28.8 Å². The van der Waals surface area contributed by atoms with Gasteiger partial charge in [-0.3, -0.25) is 15.0 Å². The van der Waals surface area contributed by atoms with Crippen molar-refractivity contribution >= 4 is 23.5 Å². The molecule has 0 saturated carbocycles. The molecule has 1 amide bonds. The Kier molecular flexibility index (Phi) is 13.0. The highest BCUT2D eigenvalue weighted by atomic mass is 16.6. The number of rotatable bonds is 17. The monoisotopic (exact) mass is 688 g/mol. The Morgan fingerprint density at radius 2 is 1.80 bits per heavy atom. The number of benzene rings is 3. The van der Waals surface area contributed by atoms with Gasteiger partial charge >= 0.3 is 5.97 Å². The molecule has 50 heavy (non-hydrogen) atoms. The number of carbonyl (C=O) groups is 2. The van der Waals surface area contributed by atoms with Crippen molar-refractivity contribution in [3.05, 3.63) is 93.9 Å². The summed E-state index contributed by atoms with van der Waals surface area (Å²) in [4.78, 5) is 35.3. The van der Waals surface area contributed by atoms with E-state index in [1.807, 2.05) is 18.2 Å². The van der Waals surface area contributed by atoms with Gasteiger partial charge in [0.2, 0.25) is 5.90 Å². The molecule has 3 aromatic carbocycles. The number of aliphatic hydroxyl groups excluding tert-OH is 1. The highest BCUT2D eigenvalue weighted by Crippen LogP contribution is 2.46. The van der Waals surface area contributed by atoms with Crippen molar-refractivity contribution in [3.63, 3.8) is 0 Å². The molecule has 0 fully saturated rings. The summed E-state index contributed by atoms with van der Waals surface area (Å²) in [7, 11) is 3.13. The number of aliphatic hydroxyl groups is 1. The number of azide groups is 1. The van der Waals surface area contributed by atoms with Gasteiger partial charge in [0.1, 0.15) is 11.4 Å². The van der Waals surface area contributed by atoms with Crippen LogP contribution in [0.2, 0.25) is 0 Å². The average molecular weight is 689 g/mol. The topological polar surface area (TPSA) is 186 Å². The van der Waals surface area contributed by atoms with Crippen molar-refractivity contribution in [2.75, 3.05) is 34.0 Å². The lowest BCUT2D eigenvalue weighted by Gasteiger charge is -2.31. The molecule has 0 radical (unpaired) electrons. The number of hydrazine groups is 1. The number of hydrogen-bond acceptors (Lipinski definition) is 11. The van der Waals surface area contributed by atoms with Crippen molar-refractivity contribution in [3.8, 4) is 17.2 Å². The standard InChI is InChI=1S/C36H44N6O8/c1-35(2,3)50-31(44)17-19-36(34(45)41-38-20-18-24-11-16-29(46-4)30(23-24)47-5)32(27-9-6-7-10-28(27)40-42-37)49-33(39-36)25-12-14-26(15-13-25)48-22-8-21-43/h6-7,9-16,23,32,38,43H,8,17-22H2,1-5H3,(H,41,45)/t32-,36-/m0/s1. The van der Waals surface area contributed by atoms with E-state index < -0.39 is 29.1 Å². The number of aliphatic imine (C=N–C) groups is 1. The van der Waals surface area contributed by atoms with Crippen LogP contribution >= 0.6 is 0 Å². The molecule has 0 unspecified atom stereocenters. The van der Waals surface area contributed by atoms with Crippen molar-refractivity contribution < 1.29 is 38.4 Å². The van der Waals surface area contributed by atoms with Crippen LogP contribution in [0.4, 0.5) is 5.69 Å². The molecule has 0 saturated heterocycles. The summed E-state index contributed by atoms with van der Waals surface area (Å²) >= 11 is 0. The Labute approximate surface area is 291 Å². The molecule has 2 atom stereocenters. The van der Waals surface area contributed by atoms with Crippen LogP contribution < -0.4 is 25.1 Å². The van der Waals surface area contributed by atoms with Gasteiger partial charge in [-0.1, -0.05) is 35.4 Å². The summed E-state index contributed by atoms with van der Waals surface area (Å²) in [6.45, 7) is 6.00. The second kappa shape index (κ2) is 17.4. The number of nitrogens with zero attached hydrogens (tertiary/aromatic N) is 4. The molecule has 3 aromatic rings. The Morgan fingerprint density at radius 3 is 2.48 bits per heavy atom. The Hall–Kier alpha value is -5.30. The van der Waals surface area contributed by atoms with Gasteiger partial charge in [0.05, 0.1) is 20.8 Å². The summed E-state index contributed by atoms with van der Waals surface area (Å²) in [5.41, 5.74) is 14.9. The number of nitrogens with one attached hydrogen (secondary N) is 2. The summed E-state index contributed by atoms with van der Waals surface area (Å²) < 4.78 is 28.5. The van der Waals surface area contributed by atoms with Crippen molar-refractivity contribution in [2.45, 2.75) is 63.7 Å². The van der Waals surface area contributed by atoms with Crippen LogP contribution in [-0.2, 0) is 25.5 Å². The minimum absolute atomic E-state index is 0.0139. The van der Waals surface area contributed by atoms with E-state index in [0.29, 0.717) is 54.4 Å². The van der Waals surface area contributed by atoms with Gasteiger partial charge in [0.25, 0.3) is 5.91 Å². The van der Waals surface area contributed by atoms with Crippen molar-refractivity contribution in [1.29, 1.82) is 0 Å². The first-order chi connectivity index (χ1) is 24.0. The Balaban J connectivity index is 1.68. The lowest BCUT2D eigenvalue weighted by Crippen LogP contribution is -2.53. The van der Waals surface area contributed by atoms with E-state index in [4.69, 9.17) is 33.8 Å². The van der Waals surface area contributed by atoms with E-state index in [2.05, 4.69) is 20.9 Å². The number of carbonyl (C=O) groups excluding carboxylic acids is 2. The largest absolute Gasteiger partial charge is 0.494 e. The van der Waals surface area contributed by atoms with Gasteiger partial charge in [-0.2, -0.15) is 0 Å². The molecule has 1 aliphatic rings. The molecule has 14 heteroatoms. The van der Waals surface area contributed by atoms with Crippen LogP contribution in [0.25, 0.3) is 10.4 Å². The van der Waals surface area contributed by atoms with Gasteiger partial charge in [-0.05, 0) is 81.1 Å². The number of esters is 1. The van der Waals surface area contributed by atoms with Crippen LogP contribution in [-0.4, -0.2) is 68.0 Å². The van der Waals surface area contributed by atoms with E-state index in [1.165, 1.54) is 0 Å². The van der Waals surface area contributed by atoms with Gasteiger partial charge in [0.15, 0.2) is 23.1 Å². The summed E-state index contributed by atoms with van der Waals surface area (Å²) in [5.74, 6) is 0.854. The van der Waals surface area contributed by atoms with Crippen molar-refractivity contribution in [1.82, 2.24) is 10.9 Å². The fourth-order valence-electron chi connectivity index (χ4n) is 5.37. The predicted octanol–water partition coefficient (Wildman–Crippen LogP) is 5.65. The molecule has 3 N–H and O–H groups in total. The zero-order chi connectivity index (χ0) is 36.1. The zero-order valence-electron chi connectivity index (χ0n) is 29.0. The first-order valence-electron chi connectivity index (χ1n) is 16.2. The van der Waals surface area contributed by atoms with Gasteiger partial charge in [-0.25, -0.2) is 10.4 Å². The average Bonchev–Trinajstić information content (AvgIpc) is 3.50. The molecule has 0 aromatic heterocycles. The normalized spacial score (nSPS) is 16.8. The predicted molar refractivity (Wildman–Crippen MR) is 186 cm³/mol. The molecule has 1 heterocycles. The maximum absolute atomic E-state index is 14.4. The van der Waals surface area contributed by atoms with Crippen LogP contribution in [0.3, 0.4) is 0 Å². The zero-order valence-corrected chi connectivity index (χ0v) is 29.0. The maximum Gasteiger partial charge on any atom is 0.306 e. The third-order valence-electron chi connectivity index (χ3n) is 7.72. The maximum atomic E-state index is 14.4. The number of methoxy groups -OCH3 is 2. The van der Waals surface area contributed by atoms with Crippen LogP contribution in [0.5, 0.6) is 17.2 Å². The smallest absolute Gasteiger partial charge is 0.306 e. The molecule has 0 bridgehead atoms. The van der Waals surface area contributed by atoms with E-state index in [1.54, 1.807) is 83.5 Å². The summed E-state index contributed by atoms with van der Waals surface area (Å²) in [6, 6.07) is 19.3. The Bertz CT molecular complexity index is 1700. The quantitative estimate of drug-likeness (QED) is 0.0403. The van der Waals surface area contributed by atoms with Crippen LogP contribution in [0.15, 0.2) is 76.8 Å². The molecular weight excluding hydrogens is 644 g/mol. The molecule has 266 valence electrons. The highest BCUT2D eigenvalue weighted by molar-refractivity contribution is 6.01. The Morgan fingerprint density at radius 1 is 1.06 bits per heavy atom. The highest BCUT2D eigenvalue weighted by Gasteiger charge is 2.54. The van der Waals surface area contributed by atoms with Crippen LogP contribution in [0.1, 0.15) is 62.8 Å². The SMILES string of the molecule is COc1ccc(CCNNC(=O)[C@@]2(CCC(=O)OC(C)(C)C)N=C(c3ccc(OCCCO)cc3)O[C@H]2c2ccccc2N=[N+]=[N-])cc1OC. The third-order valence-corrected chi connectivity index (χ3v) is 7.72. The van der Waals surface area contributed by atoms with Gasteiger partial charge in [0, 0.05) is 47.7 Å². The van der Waals surface area contributed by atoms with Crippen molar-refractivity contribution in [2.24, 2.45) is 10.1 Å². The molecule has 4 rings (SSSR count). The van der Waals surface area contributed by atoms with E-state index in [-0.39, 0.29) is 31.0 Å². The molecule has 1 aliphatic heterocycles. The number of ether oxygens (including phenoxy) is 5. The van der Waals surface area contributed by atoms with Gasteiger partial charge in [-0.15, -0.1) is 0 Å². The van der Waals surface area contributed by atoms with E-state index in [9.17, 15) is 15.1 Å². The fraction of sp³-hybridized carbons (Fsp3) is 0.417. The van der Waals surface area contributed by atoms with Crippen LogP contribution in [0, 0.1) is 0 Å². The van der Waals surface area contributed by atoms with E-state index >= 15 is 0 Å². The lowest BCUT2D eigenvalue weighted by atomic mass is 9.83. The second-order valence-corrected chi connectivity index (χ2v) is 12.4.